The number of hydrogen-bond donors (Lipinski definition) is 0. The van der Waals surface area contributed by atoms with E-state index in [0.29, 0.717) is 5.56 Å². The minimum absolute atomic E-state index is 0.0291. The molecule has 0 radical (unpaired) electrons. The SMILES string of the molecule is C[n+]1cc(-c2ccccc2)c(=O)n2c1SC[C@@H]2c1cncnc1. The van der Waals surface area contributed by atoms with Crippen LogP contribution in [0, 0.1) is 0 Å². The average Bonchev–Trinajstić information content (AvgIpc) is 3.06. The molecule has 0 saturated carbocycles. The van der Waals surface area contributed by atoms with Gasteiger partial charge in [0.1, 0.15) is 24.1 Å². The summed E-state index contributed by atoms with van der Waals surface area (Å²) in [4.78, 5) is 21.3. The molecule has 6 heteroatoms. The van der Waals surface area contributed by atoms with Gasteiger partial charge in [0.05, 0.1) is 12.8 Å². The second-order valence-electron chi connectivity index (χ2n) is 5.48. The van der Waals surface area contributed by atoms with Crippen LogP contribution in [0.2, 0.25) is 0 Å². The molecule has 3 heterocycles. The van der Waals surface area contributed by atoms with Gasteiger partial charge in [0.25, 0.3) is 0 Å². The molecule has 0 saturated heterocycles. The van der Waals surface area contributed by atoms with Crippen molar-refractivity contribution in [2.24, 2.45) is 7.05 Å². The molecule has 5 nitrogen and oxygen atoms in total. The van der Waals surface area contributed by atoms with Gasteiger partial charge in [0.2, 0.25) is 0 Å². The highest BCUT2D eigenvalue weighted by Crippen LogP contribution is 2.33. The van der Waals surface area contributed by atoms with Crippen LogP contribution in [-0.2, 0) is 7.05 Å². The third-order valence-corrected chi connectivity index (χ3v) is 5.24. The van der Waals surface area contributed by atoms with Crippen molar-refractivity contribution < 1.29 is 4.57 Å². The Kier molecular flexibility index (Phi) is 3.46. The van der Waals surface area contributed by atoms with Crippen LogP contribution in [0.4, 0.5) is 0 Å². The monoisotopic (exact) mass is 323 g/mol. The topological polar surface area (TPSA) is 51.7 Å². The van der Waals surface area contributed by atoms with E-state index in [9.17, 15) is 4.79 Å². The van der Waals surface area contributed by atoms with Gasteiger partial charge in [-0.15, -0.1) is 0 Å². The zero-order chi connectivity index (χ0) is 15.8. The van der Waals surface area contributed by atoms with E-state index in [1.807, 2.05) is 52.7 Å². The quantitative estimate of drug-likeness (QED) is 0.533. The molecule has 3 aromatic rings. The number of benzene rings is 1. The van der Waals surface area contributed by atoms with Crippen molar-refractivity contribution in [3.05, 3.63) is 71.2 Å². The zero-order valence-corrected chi connectivity index (χ0v) is 13.4. The summed E-state index contributed by atoms with van der Waals surface area (Å²) in [6.45, 7) is 0. The number of fused-ring (bicyclic) bond motifs is 1. The van der Waals surface area contributed by atoms with Gasteiger partial charge < -0.3 is 0 Å². The lowest BCUT2D eigenvalue weighted by Crippen LogP contribution is -2.40. The first-order valence-electron chi connectivity index (χ1n) is 7.34. The first kappa shape index (κ1) is 14.1. The van der Waals surface area contributed by atoms with Gasteiger partial charge >= 0.3 is 10.7 Å². The highest BCUT2D eigenvalue weighted by molar-refractivity contribution is 7.99. The minimum atomic E-state index is -0.0291. The molecule has 4 rings (SSSR count). The van der Waals surface area contributed by atoms with Crippen LogP contribution in [0.3, 0.4) is 0 Å². The largest absolute Gasteiger partial charge is 0.346 e. The van der Waals surface area contributed by atoms with Crippen molar-refractivity contribution in [3.8, 4) is 11.1 Å². The Balaban J connectivity index is 1.93. The van der Waals surface area contributed by atoms with E-state index >= 15 is 0 Å². The van der Waals surface area contributed by atoms with Gasteiger partial charge in [-0.25, -0.2) is 19.3 Å². The lowest BCUT2D eigenvalue weighted by Gasteiger charge is -2.10. The predicted molar refractivity (Wildman–Crippen MR) is 88.2 cm³/mol. The lowest BCUT2D eigenvalue weighted by molar-refractivity contribution is -0.714. The van der Waals surface area contributed by atoms with Crippen molar-refractivity contribution in [1.29, 1.82) is 0 Å². The maximum atomic E-state index is 13.1. The Bertz CT molecular complexity index is 909. The van der Waals surface area contributed by atoms with Gasteiger partial charge in [-0.2, -0.15) is 4.57 Å². The molecule has 114 valence electrons. The van der Waals surface area contributed by atoms with Crippen molar-refractivity contribution in [3.63, 3.8) is 0 Å². The van der Waals surface area contributed by atoms with Crippen molar-refractivity contribution in [2.75, 3.05) is 5.75 Å². The summed E-state index contributed by atoms with van der Waals surface area (Å²) in [6, 6.07) is 9.75. The van der Waals surface area contributed by atoms with E-state index in [4.69, 9.17) is 0 Å². The number of rotatable bonds is 2. The highest BCUT2D eigenvalue weighted by atomic mass is 32.2. The van der Waals surface area contributed by atoms with Crippen LogP contribution in [0.5, 0.6) is 0 Å². The van der Waals surface area contributed by atoms with E-state index < -0.39 is 0 Å². The van der Waals surface area contributed by atoms with E-state index in [1.165, 1.54) is 6.33 Å². The molecule has 23 heavy (non-hydrogen) atoms. The Labute approximate surface area is 137 Å². The van der Waals surface area contributed by atoms with Crippen LogP contribution in [0.25, 0.3) is 11.1 Å². The number of hydrogen-bond acceptors (Lipinski definition) is 4. The second-order valence-corrected chi connectivity index (χ2v) is 6.46. The van der Waals surface area contributed by atoms with Crippen LogP contribution in [0.1, 0.15) is 11.6 Å². The van der Waals surface area contributed by atoms with Gasteiger partial charge in [0.15, 0.2) is 0 Å². The van der Waals surface area contributed by atoms with E-state index in [-0.39, 0.29) is 11.6 Å². The lowest BCUT2D eigenvalue weighted by atomic mass is 10.1. The van der Waals surface area contributed by atoms with Crippen molar-refractivity contribution >= 4 is 11.8 Å². The van der Waals surface area contributed by atoms with Crippen molar-refractivity contribution in [2.45, 2.75) is 11.2 Å². The standard InChI is InChI=1S/C17H15N4OS/c1-20-9-14(12-5-3-2-4-6-12)16(22)21-15(10-23-17(20)21)13-7-18-11-19-8-13/h2-9,11,15H,10H2,1H3/q+1/t15-/m1/s1. The molecule has 1 atom stereocenters. The summed E-state index contributed by atoms with van der Waals surface area (Å²) in [6.07, 6.45) is 7.00. The minimum Gasteiger partial charge on any atom is -0.244 e. The molecule has 0 N–H and O–H groups in total. The van der Waals surface area contributed by atoms with Crippen molar-refractivity contribution in [1.82, 2.24) is 14.5 Å². The van der Waals surface area contributed by atoms with E-state index in [0.717, 1.165) is 22.0 Å². The Morgan fingerprint density at radius 2 is 1.96 bits per heavy atom. The Morgan fingerprint density at radius 3 is 2.70 bits per heavy atom. The Hall–Kier alpha value is -2.47. The molecule has 0 unspecified atom stereocenters. The van der Waals surface area contributed by atoms with Crippen LogP contribution in [0.15, 0.2) is 65.2 Å². The van der Waals surface area contributed by atoms with Gasteiger partial charge in [-0.05, 0) is 17.3 Å². The van der Waals surface area contributed by atoms with Crippen LogP contribution < -0.4 is 10.1 Å². The molecule has 0 fully saturated rings. The molecule has 1 aliphatic rings. The number of nitrogens with zero attached hydrogens (tertiary/aromatic N) is 4. The molecule has 0 aliphatic carbocycles. The molecule has 0 amide bonds. The molecular weight excluding hydrogens is 308 g/mol. The first-order chi connectivity index (χ1) is 11.3. The fourth-order valence-electron chi connectivity index (χ4n) is 2.91. The van der Waals surface area contributed by atoms with Gasteiger partial charge in [-0.3, -0.25) is 0 Å². The highest BCUT2D eigenvalue weighted by Gasteiger charge is 2.36. The summed E-state index contributed by atoms with van der Waals surface area (Å²) >= 11 is 1.69. The van der Waals surface area contributed by atoms with E-state index in [1.54, 1.807) is 24.2 Å². The Morgan fingerprint density at radius 1 is 1.22 bits per heavy atom. The normalized spacial score (nSPS) is 16.3. The van der Waals surface area contributed by atoms with Crippen LogP contribution in [-0.4, -0.2) is 20.3 Å². The smallest absolute Gasteiger partial charge is 0.244 e. The van der Waals surface area contributed by atoms with Gasteiger partial charge in [0, 0.05) is 18.0 Å². The fraction of sp³-hybridized carbons (Fsp3) is 0.176. The molecule has 2 aromatic heterocycles. The number of thioether (sulfide) groups is 1. The zero-order valence-electron chi connectivity index (χ0n) is 12.6. The molecule has 0 bridgehead atoms. The summed E-state index contributed by atoms with van der Waals surface area (Å²) < 4.78 is 3.89. The van der Waals surface area contributed by atoms with Crippen LogP contribution >= 0.6 is 11.8 Å². The maximum absolute atomic E-state index is 13.1. The van der Waals surface area contributed by atoms with E-state index in [2.05, 4.69) is 9.97 Å². The maximum Gasteiger partial charge on any atom is 0.346 e. The average molecular weight is 323 g/mol. The molecule has 0 spiro atoms. The first-order valence-corrected chi connectivity index (χ1v) is 8.32. The second kappa shape index (κ2) is 5.62. The summed E-state index contributed by atoms with van der Waals surface area (Å²) in [5.74, 6) is 0.814. The molecule has 1 aliphatic heterocycles. The molecular formula is C17H15N4OS+. The number of aromatic nitrogens is 4. The van der Waals surface area contributed by atoms with Gasteiger partial charge in [-0.1, -0.05) is 30.3 Å². The summed E-state index contributed by atoms with van der Waals surface area (Å²) in [7, 11) is 1.98. The molecule has 1 aromatic carbocycles. The number of aryl methyl sites for hydroxylation is 1. The third kappa shape index (κ3) is 2.35. The predicted octanol–water partition coefficient (Wildman–Crippen LogP) is 1.82. The summed E-state index contributed by atoms with van der Waals surface area (Å²) in [5.41, 5.74) is 2.64. The third-order valence-electron chi connectivity index (χ3n) is 4.01. The summed E-state index contributed by atoms with van der Waals surface area (Å²) in [5, 5.41) is 0.962. The fourth-order valence-corrected chi connectivity index (χ4v) is 4.16.